The van der Waals surface area contributed by atoms with Crippen LogP contribution in [0.4, 0.5) is 5.69 Å². The second-order valence-electron chi connectivity index (χ2n) is 5.20. The topological polar surface area (TPSA) is 55.1 Å². The molecule has 0 aliphatic heterocycles. The van der Waals surface area contributed by atoms with Crippen LogP contribution in [0.3, 0.4) is 0 Å². The van der Waals surface area contributed by atoms with E-state index >= 15 is 0 Å². The van der Waals surface area contributed by atoms with Crippen molar-refractivity contribution in [2.45, 2.75) is 20.8 Å². The molecule has 0 bridgehead atoms. The van der Waals surface area contributed by atoms with Gasteiger partial charge in [-0.25, -0.2) is 0 Å². The van der Waals surface area contributed by atoms with Crippen LogP contribution in [-0.4, -0.2) is 10.9 Å². The van der Waals surface area contributed by atoms with Crippen LogP contribution >= 0.6 is 0 Å². The lowest BCUT2D eigenvalue weighted by atomic mass is 10.1. The molecule has 1 aromatic carbocycles. The molecule has 2 heterocycles. The fourth-order valence-corrected chi connectivity index (χ4v) is 2.32. The van der Waals surface area contributed by atoms with Crippen LogP contribution in [0.25, 0.3) is 11.0 Å². The van der Waals surface area contributed by atoms with Crippen molar-refractivity contribution < 1.29 is 9.21 Å². The second-order valence-corrected chi connectivity index (χ2v) is 5.20. The number of rotatable bonds is 2. The summed E-state index contributed by atoms with van der Waals surface area (Å²) in [6.45, 7) is 5.81. The van der Waals surface area contributed by atoms with Crippen LogP contribution in [0.15, 0.2) is 41.1 Å². The van der Waals surface area contributed by atoms with Gasteiger partial charge in [0.05, 0.1) is 11.9 Å². The predicted molar refractivity (Wildman–Crippen MR) is 82.6 cm³/mol. The van der Waals surface area contributed by atoms with Gasteiger partial charge in [0, 0.05) is 17.1 Å². The Bertz CT molecular complexity index is 834. The molecule has 3 rings (SSSR count). The van der Waals surface area contributed by atoms with E-state index in [9.17, 15) is 4.79 Å². The summed E-state index contributed by atoms with van der Waals surface area (Å²) in [6, 6.07) is 7.78. The van der Waals surface area contributed by atoms with Gasteiger partial charge in [0.2, 0.25) is 0 Å². The monoisotopic (exact) mass is 280 g/mol. The Kier molecular flexibility index (Phi) is 3.22. The summed E-state index contributed by atoms with van der Waals surface area (Å²) in [4.78, 5) is 16.4. The third kappa shape index (κ3) is 2.40. The summed E-state index contributed by atoms with van der Waals surface area (Å²) >= 11 is 0. The molecule has 0 radical (unpaired) electrons. The van der Waals surface area contributed by atoms with Crippen LogP contribution in [0, 0.1) is 20.8 Å². The third-order valence-electron chi connectivity index (χ3n) is 3.59. The van der Waals surface area contributed by atoms with E-state index in [0.29, 0.717) is 11.4 Å². The zero-order valence-corrected chi connectivity index (χ0v) is 12.2. The van der Waals surface area contributed by atoms with E-state index < -0.39 is 0 Å². The molecule has 3 aromatic rings. The van der Waals surface area contributed by atoms with Gasteiger partial charge in [-0.1, -0.05) is 12.1 Å². The predicted octanol–water partition coefficient (Wildman–Crippen LogP) is 4.01. The molecule has 0 unspecified atom stereocenters. The largest absolute Gasteiger partial charge is 0.451 e. The van der Waals surface area contributed by atoms with Crippen molar-refractivity contribution in [3.05, 3.63) is 59.1 Å². The van der Waals surface area contributed by atoms with Crippen molar-refractivity contribution in [2.24, 2.45) is 0 Å². The van der Waals surface area contributed by atoms with Crippen molar-refractivity contribution in [1.29, 1.82) is 0 Å². The Morgan fingerprint density at radius 1 is 1.19 bits per heavy atom. The van der Waals surface area contributed by atoms with E-state index in [-0.39, 0.29) is 5.91 Å². The SMILES string of the molecule is Cc1ccc2c(C)c(C(=O)Nc3cnccc3C)oc2c1. The molecule has 1 N–H and O–H groups in total. The molecule has 0 atom stereocenters. The molecule has 0 aliphatic carbocycles. The summed E-state index contributed by atoms with van der Waals surface area (Å²) in [6.07, 6.45) is 3.33. The van der Waals surface area contributed by atoms with Crippen LogP contribution in [-0.2, 0) is 0 Å². The Hall–Kier alpha value is -2.62. The number of nitrogens with one attached hydrogen (secondary N) is 1. The molecule has 0 aliphatic rings. The number of anilines is 1. The van der Waals surface area contributed by atoms with Gasteiger partial charge in [-0.2, -0.15) is 0 Å². The van der Waals surface area contributed by atoms with E-state index in [4.69, 9.17) is 4.42 Å². The zero-order valence-electron chi connectivity index (χ0n) is 12.2. The lowest BCUT2D eigenvalue weighted by Gasteiger charge is -2.06. The summed E-state index contributed by atoms with van der Waals surface area (Å²) in [5, 5.41) is 3.81. The molecule has 2 aromatic heterocycles. The molecule has 106 valence electrons. The molecular formula is C17H16N2O2. The van der Waals surface area contributed by atoms with E-state index in [2.05, 4.69) is 10.3 Å². The number of nitrogens with zero attached hydrogens (tertiary/aromatic N) is 1. The van der Waals surface area contributed by atoms with Crippen molar-refractivity contribution in [3.63, 3.8) is 0 Å². The highest BCUT2D eigenvalue weighted by molar-refractivity contribution is 6.06. The number of carbonyl (C=O) groups excluding carboxylic acids is 1. The summed E-state index contributed by atoms with van der Waals surface area (Å²) in [7, 11) is 0. The van der Waals surface area contributed by atoms with E-state index in [1.807, 2.05) is 45.0 Å². The van der Waals surface area contributed by atoms with Crippen molar-refractivity contribution >= 4 is 22.6 Å². The standard InChI is InChI=1S/C17H16N2O2/c1-10-4-5-13-12(3)16(21-15(13)8-10)17(20)19-14-9-18-7-6-11(14)2/h4-9H,1-3H3,(H,19,20). The Balaban J connectivity index is 1.98. The Morgan fingerprint density at radius 3 is 2.76 bits per heavy atom. The first-order valence-corrected chi connectivity index (χ1v) is 6.78. The molecule has 1 amide bonds. The maximum atomic E-state index is 12.4. The average Bonchev–Trinajstić information content (AvgIpc) is 2.78. The minimum Gasteiger partial charge on any atom is -0.451 e. The van der Waals surface area contributed by atoms with Gasteiger partial charge in [-0.3, -0.25) is 9.78 Å². The molecule has 4 heteroatoms. The van der Waals surface area contributed by atoms with Gasteiger partial charge in [0.1, 0.15) is 5.58 Å². The van der Waals surface area contributed by atoms with Crippen LogP contribution < -0.4 is 5.32 Å². The minimum atomic E-state index is -0.252. The number of furan rings is 1. The quantitative estimate of drug-likeness (QED) is 0.771. The maximum Gasteiger partial charge on any atom is 0.291 e. The molecule has 0 fully saturated rings. The van der Waals surface area contributed by atoms with Gasteiger partial charge >= 0.3 is 0 Å². The maximum absolute atomic E-state index is 12.4. The van der Waals surface area contributed by atoms with E-state index in [0.717, 1.165) is 27.7 Å². The van der Waals surface area contributed by atoms with Crippen LogP contribution in [0.1, 0.15) is 27.2 Å². The number of hydrogen-bond acceptors (Lipinski definition) is 3. The zero-order chi connectivity index (χ0) is 15.0. The lowest BCUT2D eigenvalue weighted by molar-refractivity contribution is 0.0998. The Labute approximate surface area is 122 Å². The van der Waals surface area contributed by atoms with Crippen molar-refractivity contribution in [3.8, 4) is 0 Å². The second kappa shape index (κ2) is 5.05. The number of aromatic nitrogens is 1. The summed E-state index contributed by atoms with van der Waals surface area (Å²) < 4.78 is 5.72. The van der Waals surface area contributed by atoms with E-state index in [1.165, 1.54) is 0 Å². The van der Waals surface area contributed by atoms with Gasteiger partial charge in [-0.05, 0) is 44.0 Å². The Morgan fingerprint density at radius 2 is 2.00 bits per heavy atom. The van der Waals surface area contributed by atoms with Crippen molar-refractivity contribution in [1.82, 2.24) is 4.98 Å². The first kappa shape index (κ1) is 13.4. The van der Waals surface area contributed by atoms with Gasteiger partial charge in [0.15, 0.2) is 5.76 Å². The average molecular weight is 280 g/mol. The highest BCUT2D eigenvalue weighted by Gasteiger charge is 2.18. The number of benzene rings is 1. The minimum absolute atomic E-state index is 0.252. The number of carbonyl (C=O) groups is 1. The molecule has 4 nitrogen and oxygen atoms in total. The van der Waals surface area contributed by atoms with Gasteiger partial charge < -0.3 is 9.73 Å². The molecule has 0 spiro atoms. The van der Waals surface area contributed by atoms with Crippen LogP contribution in [0.5, 0.6) is 0 Å². The molecular weight excluding hydrogens is 264 g/mol. The normalized spacial score (nSPS) is 10.8. The highest BCUT2D eigenvalue weighted by atomic mass is 16.3. The summed E-state index contributed by atoms with van der Waals surface area (Å²) in [5.74, 6) is 0.0938. The number of pyridine rings is 1. The molecule has 0 saturated heterocycles. The van der Waals surface area contributed by atoms with E-state index in [1.54, 1.807) is 12.4 Å². The molecule has 21 heavy (non-hydrogen) atoms. The molecule has 0 saturated carbocycles. The smallest absolute Gasteiger partial charge is 0.291 e. The number of aryl methyl sites for hydroxylation is 3. The number of amides is 1. The first-order chi connectivity index (χ1) is 10.1. The lowest BCUT2D eigenvalue weighted by Crippen LogP contribution is -2.13. The van der Waals surface area contributed by atoms with Crippen LogP contribution in [0.2, 0.25) is 0 Å². The third-order valence-corrected chi connectivity index (χ3v) is 3.59. The van der Waals surface area contributed by atoms with Crippen molar-refractivity contribution in [2.75, 3.05) is 5.32 Å². The van der Waals surface area contributed by atoms with Gasteiger partial charge in [0.25, 0.3) is 5.91 Å². The number of hydrogen-bond donors (Lipinski definition) is 1. The fourth-order valence-electron chi connectivity index (χ4n) is 2.32. The number of fused-ring (bicyclic) bond motifs is 1. The first-order valence-electron chi connectivity index (χ1n) is 6.78. The fraction of sp³-hybridized carbons (Fsp3) is 0.176. The van der Waals surface area contributed by atoms with Gasteiger partial charge in [-0.15, -0.1) is 0 Å². The summed E-state index contributed by atoms with van der Waals surface area (Å²) in [5.41, 5.74) is 4.34. The highest BCUT2D eigenvalue weighted by Crippen LogP contribution is 2.27.